The maximum Gasteiger partial charge on any atom is 0.275 e. The number of aromatic nitrogens is 1. The van der Waals surface area contributed by atoms with Crippen LogP contribution in [-0.4, -0.2) is 21.4 Å². The summed E-state index contributed by atoms with van der Waals surface area (Å²) in [6, 6.07) is 10.7. The highest BCUT2D eigenvalue weighted by molar-refractivity contribution is 7.84. The van der Waals surface area contributed by atoms with Crippen LogP contribution in [0.25, 0.3) is 10.8 Å². The maximum absolute atomic E-state index is 12.3. The Balaban J connectivity index is 1.82. The number of anilines is 1. The molecule has 1 amide bonds. The molecule has 0 aliphatic carbocycles. The second kappa shape index (κ2) is 6.47. The van der Waals surface area contributed by atoms with Crippen LogP contribution >= 0.6 is 11.3 Å². The molecule has 0 aliphatic heterocycles. The van der Waals surface area contributed by atoms with E-state index in [4.69, 9.17) is 4.42 Å². The van der Waals surface area contributed by atoms with Gasteiger partial charge in [0.25, 0.3) is 5.91 Å². The van der Waals surface area contributed by atoms with Crippen LogP contribution in [0, 0.1) is 6.92 Å². The highest BCUT2D eigenvalue weighted by Gasteiger charge is 2.15. The maximum atomic E-state index is 12.3. The van der Waals surface area contributed by atoms with Crippen LogP contribution in [0.3, 0.4) is 0 Å². The molecule has 3 rings (SSSR count). The van der Waals surface area contributed by atoms with Crippen molar-refractivity contribution in [2.45, 2.75) is 11.8 Å². The minimum Gasteiger partial charge on any atom is -0.459 e. The summed E-state index contributed by atoms with van der Waals surface area (Å²) in [4.78, 5) is 17.2. The Morgan fingerprint density at radius 1 is 1.26 bits per heavy atom. The first-order valence-corrected chi connectivity index (χ1v) is 9.24. The number of nitrogens with zero attached hydrogens (tertiary/aromatic N) is 1. The lowest BCUT2D eigenvalue weighted by Crippen LogP contribution is -2.13. The van der Waals surface area contributed by atoms with Crippen LogP contribution in [0.4, 0.5) is 5.69 Å². The lowest BCUT2D eigenvalue weighted by Gasteiger charge is -2.07. The standard InChI is InChI=1S/C16H14N2O3S2/c1-10-7-8-13(21-10)16-18-12(9-22-16)15(19)17-11-5-3-4-6-14(11)23(2)20/h3-9H,1-2H3,(H,17,19)/t23-/m1/s1. The third-order valence-electron chi connectivity index (χ3n) is 3.13. The van der Waals surface area contributed by atoms with Gasteiger partial charge in [-0.05, 0) is 31.2 Å². The molecule has 2 aromatic heterocycles. The number of amides is 1. The number of rotatable bonds is 4. The molecule has 1 aromatic carbocycles. The van der Waals surface area contributed by atoms with Crippen LogP contribution in [-0.2, 0) is 10.8 Å². The van der Waals surface area contributed by atoms with E-state index in [0.29, 0.717) is 27.0 Å². The highest BCUT2D eigenvalue weighted by Crippen LogP contribution is 2.26. The first-order valence-electron chi connectivity index (χ1n) is 6.81. The molecule has 5 nitrogen and oxygen atoms in total. The van der Waals surface area contributed by atoms with Crippen molar-refractivity contribution in [1.82, 2.24) is 4.98 Å². The fourth-order valence-corrected chi connectivity index (χ4v) is 3.51. The lowest BCUT2D eigenvalue weighted by molar-refractivity contribution is 0.102. The van der Waals surface area contributed by atoms with Gasteiger partial charge in [0.2, 0.25) is 0 Å². The molecule has 23 heavy (non-hydrogen) atoms. The smallest absolute Gasteiger partial charge is 0.275 e. The molecule has 0 spiro atoms. The lowest BCUT2D eigenvalue weighted by atomic mass is 10.3. The number of nitrogens with one attached hydrogen (secondary N) is 1. The number of hydrogen-bond acceptors (Lipinski definition) is 5. The van der Waals surface area contributed by atoms with Crippen LogP contribution in [0.15, 0.2) is 51.1 Å². The molecule has 7 heteroatoms. The highest BCUT2D eigenvalue weighted by atomic mass is 32.2. The molecule has 0 radical (unpaired) electrons. The normalized spacial score (nSPS) is 12.1. The Hall–Kier alpha value is -2.25. The fraction of sp³-hybridized carbons (Fsp3) is 0.125. The summed E-state index contributed by atoms with van der Waals surface area (Å²) < 4.78 is 17.2. The Morgan fingerprint density at radius 3 is 2.74 bits per heavy atom. The minimum atomic E-state index is -1.18. The van der Waals surface area contributed by atoms with Gasteiger partial charge in [-0.3, -0.25) is 9.00 Å². The van der Waals surface area contributed by atoms with Gasteiger partial charge in [-0.15, -0.1) is 11.3 Å². The molecule has 0 fully saturated rings. The van der Waals surface area contributed by atoms with Crippen molar-refractivity contribution < 1.29 is 13.4 Å². The third-order valence-corrected chi connectivity index (χ3v) is 4.97. The van der Waals surface area contributed by atoms with E-state index in [1.54, 1.807) is 35.9 Å². The SMILES string of the molecule is Cc1ccc(-c2nc(C(=O)Nc3ccccc3[S@@](C)=O)cs2)o1. The predicted molar refractivity (Wildman–Crippen MR) is 91.3 cm³/mol. The quantitative estimate of drug-likeness (QED) is 0.782. The molecular weight excluding hydrogens is 332 g/mol. The monoisotopic (exact) mass is 346 g/mol. The first kappa shape index (κ1) is 15.6. The van der Waals surface area contributed by atoms with E-state index in [1.807, 2.05) is 19.1 Å². The zero-order chi connectivity index (χ0) is 16.4. The number of benzene rings is 1. The summed E-state index contributed by atoms with van der Waals surface area (Å²) in [7, 11) is -1.18. The molecule has 2 heterocycles. The van der Waals surface area contributed by atoms with Gasteiger partial charge in [0, 0.05) is 11.6 Å². The minimum absolute atomic E-state index is 0.302. The zero-order valence-corrected chi connectivity index (χ0v) is 14.2. The number of thiazole rings is 1. The topological polar surface area (TPSA) is 72.2 Å². The van der Waals surface area contributed by atoms with E-state index in [-0.39, 0.29) is 5.91 Å². The van der Waals surface area contributed by atoms with Gasteiger partial charge in [0.15, 0.2) is 10.8 Å². The third kappa shape index (κ3) is 3.40. The Morgan fingerprint density at radius 2 is 2.04 bits per heavy atom. The predicted octanol–water partition coefficient (Wildman–Crippen LogP) is 3.70. The van der Waals surface area contributed by atoms with Crippen LogP contribution in [0.1, 0.15) is 16.2 Å². The molecule has 0 bridgehead atoms. The summed E-state index contributed by atoms with van der Waals surface area (Å²) >= 11 is 1.34. The number of carbonyl (C=O) groups is 1. The van der Waals surface area contributed by atoms with Crippen molar-refractivity contribution in [1.29, 1.82) is 0 Å². The number of carbonyl (C=O) groups excluding carboxylic acids is 1. The summed E-state index contributed by atoms with van der Waals surface area (Å²) in [6.07, 6.45) is 1.57. The van der Waals surface area contributed by atoms with Crippen LogP contribution < -0.4 is 5.32 Å². The van der Waals surface area contributed by atoms with Gasteiger partial charge in [-0.2, -0.15) is 0 Å². The molecule has 0 aliphatic rings. The first-order chi connectivity index (χ1) is 11.0. The molecule has 118 valence electrons. The number of furan rings is 1. The molecule has 3 aromatic rings. The second-order valence-corrected chi connectivity index (χ2v) is 7.06. The van der Waals surface area contributed by atoms with E-state index < -0.39 is 10.8 Å². The van der Waals surface area contributed by atoms with Crippen LogP contribution in [0.2, 0.25) is 0 Å². The van der Waals surface area contributed by atoms with Crippen molar-refractivity contribution in [3.05, 3.63) is 53.2 Å². The van der Waals surface area contributed by atoms with Gasteiger partial charge in [0.1, 0.15) is 11.5 Å². The molecule has 1 atom stereocenters. The summed E-state index contributed by atoms with van der Waals surface area (Å²) in [6.45, 7) is 1.85. The van der Waals surface area contributed by atoms with Crippen molar-refractivity contribution in [2.75, 3.05) is 11.6 Å². The van der Waals surface area contributed by atoms with E-state index in [1.165, 1.54) is 11.3 Å². The van der Waals surface area contributed by atoms with Crippen LogP contribution in [0.5, 0.6) is 0 Å². The summed E-state index contributed by atoms with van der Waals surface area (Å²) in [5.41, 5.74) is 0.831. The van der Waals surface area contributed by atoms with E-state index in [2.05, 4.69) is 10.3 Å². The average Bonchev–Trinajstić information content (AvgIpc) is 3.16. The Labute approximate surface area is 139 Å². The number of para-hydroxylation sites is 1. The van der Waals surface area contributed by atoms with Gasteiger partial charge in [-0.25, -0.2) is 4.98 Å². The van der Waals surface area contributed by atoms with Crippen molar-refractivity contribution in [3.63, 3.8) is 0 Å². The fourth-order valence-electron chi connectivity index (χ4n) is 2.05. The van der Waals surface area contributed by atoms with Crippen molar-refractivity contribution >= 4 is 33.7 Å². The van der Waals surface area contributed by atoms with Gasteiger partial charge in [-0.1, -0.05) is 12.1 Å². The summed E-state index contributed by atoms with van der Waals surface area (Å²) in [5.74, 6) is 1.09. The molecular formula is C16H14N2O3S2. The van der Waals surface area contributed by atoms with Gasteiger partial charge in [0.05, 0.1) is 21.4 Å². The molecule has 0 unspecified atom stereocenters. The largest absolute Gasteiger partial charge is 0.459 e. The number of aryl methyl sites for hydroxylation is 1. The van der Waals surface area contributed by atoms with E-state index in [9.17, 15) is 9.00 Å². The van der Waals surface area contributed by atoms with E-state index >= 15 is 0 Å². The molecule has 0 saturated heterocycles. The van der Waals surface area contributed by atoms with E-state index in [0.717, 1.165) is 5.76 Å². The van der Waals surface area contributed by atoms with Gasteiger partial charge < -0.3 is 9.73 Å². The Bertz CT molecular complexity index is 883. The van der Waals surface area contributed by atoms with Crippen molar-refractivity contribution in [2.24, 2.45) is 0 Å². The van der Waals surface area contributed by atoms with Crippen molar-refractivity contribution in [3.8, 4) is 10.8 Å². The summed E-state index contributed by atoms with van der Waals surface area (Å²) in [5, 5.41) is 5.08. The van der Waals surface area contributed by atoms with Gasteiger partial charge >= 0.3 is 0 Å². The molecule has 1 N–H and O–H groups in total. The zero-order valence-electron chi connectivity index (χ0n) is 12.5. The Kier molecular flexibility index (Phi) is 4.40. The number of hydrogen-bond donors (Lipinski definition) is 1. The molecule has 0 saturated carbocycles. The second-order valence-electron chi connectivity index (χ2n) is 4.85. The average molecular weight is 346 g/mol.